The van der Waals surface area contributed by atoms with E-state index in [-0.39, 0.29) is 27.1 Å². The number of oxime groups is 1. The van der Waals surface area contributed by atoms with Crippen LogP contribution in [0, 0.1) is 15.4 Å². The first kappa shape index (κ1) is 20.1. The van der Waals surface area contributed by atoms with Gasteiger partial charge in [0.2, 0.25) is 11.7 Å². The van der Waals surface area contributed by atoms with E-state index in [9.17, 15) is 9.60 Å². The molecule has 0 saturated heterocycles. The van der Waals surface area contributed by atoms with Crippen LogP contribution in [0.25, 0.3) is 0 Å². The number of halogens is 2. The van der Waals surface area contributed by atoms with Crippen molar-refractivity contribution >= 4 is 42.9 Å². The maximum Gasteiger partial charge on any atom is 0.203 e. The quantitative estimate of drug-likeness (QED) is 0.189. The summed E-state index contributed by atoms with van der Waals surface area (Å²) in [6.45, 7) is 4.02. The highest BCUT2D eigenvalue weighted by Gasteiger charge is 2.18. The standard InChI is InChI=1S/C14H19BrFN7O2S/c1-8(2)26(17,18)6-5-19-13-12(22-25-23-13)14(21-24)20-9-3-4-11(16)10(15)7-9/h3-4,7-8,17-18,24H,5-6H2,1-2H3,(H,19,23)(H,20,21). The molecule has 1 aromatic carbocycles. The summed E-state index contributed by atoms with van der Waals surface area (Å²) in [6.07, 6.45) is 0. The molecule has 0 bridgehead atoms. The van der Waals surface area contributed by atoms with Crippen molar-refractivity contribution < 1.29 is 14.2 Å². The van der Waals surface area contributed by atoms with Crippen LogP contribution >= 0.6 is 15.9 Å². The van der Waals surface area contributed by atoms with Crippen molar-refractivity contribution in [1.29, 1.82) is 9.56 Å². The summed E-state index contributed by atoms with van der Waals surface area (Å²) in [5, 5.41) is 25.5. The van der Waals surface area contributed by atoms with Crippen molar-refractivity contribution in [2.75, 3.05) is 22.9 Å². The molecular weight excluding hydrogens is 429 g/mol. The van der Waals surface area contributed by atoms with Crippen LogP contribution in [0.1, 0.15) is 19.5 Å². The third-order valence-corrected chi connectivity index (χ3v) is 6.58. The van der Waals surface area contributed by atoms with E-state index in [1.165, 1.54) is 18.2 Å². The number of nitrogens with zero attached hydrogens (tertiary/aromatic N) is 3. The summed E-state index contributed by atoms with van der Waals surface area (Å²) in [7, 11) is -2.22. The van der Waals surface area contributed by atoms with Crippen molar-refractivity contribution in [3.63, 3.8) is 0 Å². The van der Waals surface area contributed by atoms with Crippen molar-refractivity contribution in [3.8, 4) is 0 Å². The van der Waals surface area contributed by atoms with Crippen LogP contribution in [0.4, 0.5) is 15.9 Å². The van der Waals surface area contributed by atoms with Crippen LogP contribution in [0.3, 0.4) is 0 Å². The van der Waals surface area contributed by atoms with Gasteiger partial charge in [0.25, 0.3) is 0 Å². The highest BCUT2D eigenvalue weighted by atomic mass is 79.9. The summed E-state index contributed by atoms with van der Waals surface area (Å²) in [6, 6.07) is 4.19. The fraction of sp³-hybridized carbons (Fsp3) is 0.357. The van der Waals surface area contributed by atoms with E-state index in [1.807, 2.05) is 13.8 Å². The average Bonchev–Trinajstić information content (AvgIpc) is 3.04. The number of aromatic nitrogens is 2. The van der Waals surface area contributed by atoms with Gasteiger partial charge in [0, 0.05) is 23.2 Å². The zero-order valence-corrected chi connectivity index (χ0v) is 16.5. The minimum absolute atomic E-state index is 0.0487. The first-order valence-corrected chi connectivity index (χ1v) is 10.2. The molecule has 0 saturated carbocycles. The van der Waals surface area contributed by atoms with Crippen LogP contribution in [0.5, 0.6) is 0 Å². The molecule has 9 nitrogen and oxygen atoms in total. The van der Waals surface area contributed by atoms with E-state index in [4.69, 9.17) is 9.56 Å². The van der Waals surface area contributed by atoms with Crippen LogP contribution in [0.2, 0.25) is 0 Å². The Kier molecular flexibility index (Phi) is 6.53. The molecule has 1 heterocycles. The van der Waals surface area contributed by atoms with Crippen molar-refractivity contribution in [2.45, 2.75) is 19.1 Å². The molecule has 0 aliphatic heterocycles. The first-order valence-electron chi connectivity index (χ1n) is 7.54. The summed E-state index contributed by atoms with van der Waals surface area (Å²) in [4.78, 5) is 0. The molecule has 5 N–H and O–H groups in total. The molecule has 0 aliphatic carbocycles. The number of rotatable bonds is 7. The lowest BCUT2D eigenvalue weighted by atomic mass is 10.3. The van der Waals surface area contributed by atoms with Crippen LogP contribution in [0.15, 0.2) is 32.5 Å². The van der Waals surface area contributed by atoms with Gasteiger partial charge in [-0.2, -0.15) is 0 Å². The van der Waals surface area contributed by atoms with E-state index >= 15 is 0 Å². The second-order valence-corrected chi connectivity index (χ2v) is 9.43. The van der Waals surface area contributed by atoms with Gasteiger partial charge in [0.1, 0.15) is 5.82 Å². The third kappa shape index (κ3) is 4.91. The van der Waals surface area contributed by atoms with E-state index in [0.717, 1.165) is 0 Å². The van der Waals surface area contributed by atoms with Gasteiger partial charge in [-0.3, -0.25) is 9.56 Å². The second-order valence-electron chi connectivity index (χ2n) is 5.64. The molecule has 0 radical (unpaired) electrons. The molecule has 142 valence electrons. The van der Waals surface area contributed by atoms with E-state index < -0.39 is 15.4 Å². The minimum Gasteiger partial charge on any atom is -0.409 e. The Hall–Kier alpha value is -2.21. The molecule has 0 fully saturated rings. The van der Waals surface area contributed by atoms with Crippen molar-refractivity contribution in [2.24, 2.45) is 5.16 Å². The van der Waals surface area contributed by atoms with Crippen LogP contribution in [-0.2, 0) is 9.62 Å². The predicted molar refractivity (Wildman–Crippen MR) is 102 cm³/mol. The fourth-order valence-corrected chi connectivity index (χ4v) is 3.14. The van der Waals surface area contributed by atoms with Gasteiger partial charge in [0.05, 0.1) is 4.47 Å². The average molecular weight is 448 g/mol. The van der Waals surface area contributed by atoms with Gasteiger partial charge in [-0.15, -0.1) is 0 Å². The lowest BCUT2D eigenvalue weighted by Crippen LogP contribution is -2.22. The molecule has 1 aromatic heterocycles. The topological polar surface area (TPSA) is 143 Å². The highest BCUT2D eigenvalue weighted by Crippen LogP contribution is 2.21. The van der Waals surface area contributed by atoms with Gasteiger partial charge in [-0.25, -0.2) is 9.02 Å². The first-order chi connectivity index (χ1) is 12.2. The predicted octanol–water partition coefficient (Wildman–Crippen LogP) is 3.72. The summed E-state index contributed by atoms with van der Waals surface area (Å²) in [5.41, 5.74) is 0.577. The molecule has 0 aliphatic rings. The Bertz CT molecular complexity index is 898. The van der Waals surface area contributed by atoms with Gasteiger partial charge in [0.15, 0.2) is 5.69 Å². The summed E-state index contributed by atoms with van der Waals surface area (Å²) < 4.78 is 34.3. The van der Waals surface area contributed by atoms with Gasteiger partial charge < -0.3 is 15.8 Å². The molecular formula is C14H19BrFN7O2S. The number of benzene rings is 1. The summed E-state index contributed by atoms with van der Waals surface area (Å²) in [5.74, 6) is 0.0725. The molecule has 0 spiro atoms. The van der Waals surface area contributed by atoms with E-state index in [1.54, 1.807) is 0 Å². The zero-order chi connectivity index (χ0) is 19.3. The molecule has 0 unspecified atom stereocenters. The maximum atomic E-state index is 13.3. The van der Waals surface area contributed by atoms with Gasteiger partial charge in [-0.1, -0.05) is 28.6 Å². The SMILES string of the molecule is CC(C)S(=N)(=N)CCNc1nonc1/C(=N/O)Nc1ccc(F)c(Br)c1. The van der Waals surface area contributed by atoms with Crippen LogP contribution in [-0.4, -0.2) is 38.9 Å². The largest absolute Gasteiger partial charge is 0.409 e. The maximum absolute atomic E-state index is 13.3. The van der Waals surface area contributed by atoms with Gasteiger partial charge in [-0.05, 0) is 44.4 Å². The Morgan fingerprint density at radius 1 is 1.42 bits per heavy atom. The third-order valence-electron chi connectivity index (χ3n) is 3.52. The fourth-order valence-electron chi connectivity index (χ4n) is 1.87. The monoisotopic (exact) mass is 447 g/mol. The van der Waals surface area contributed by atoms with Crippen LogP contribution < -0.4 is 10.6 Å². The smallest absolute Gasteiger partial charge is 0.203 e. The Labute approximate surface area is 158 Å². The molecule has 0 amide bonds. The molecule has 2 rings (SSSR count). The lowest BCUT2D eigenvalue weighted by Gasteiger charge is -2.15. The lowest BCUT2D eigenvalue weighted by molar-refractivity contribution is 0.305. The number of hydrogen-bond acceptors (Lipinski definition) is 8. The molecule has 26 heavy (non-hydrogen) atoms. The minimum atomic E-state index is -2.22. The molecule has 2 aromatic rings. The normalized spacial score (nSPS) is 12.4. The van der Waals surface area contributed by atoms with E-state index in [0.29, 0.717) is 18.0 Å². The Morgan fingerprint density at radius 2 is 2.15 bits per heavy atom. The number of nitrogens with one attached hydrogen (secondary N) is 4. The molecule has 0 atom stereocenters. The Balaban J connectivity index is 2.10. The number of anilines is 2. The number of hydrogen-bond donors (Lipinski definition) is 5. The zero-order valence-electron chi connectivity index (χ0n) is 14.1. The van der Waals surface area contributed by atoms with E-state index in [2.05, 4.69) is 46.7 Å². The Morgan fingerprint density at radius 3 is 2.77 bits per heavy atom. The van der Waals surface area contributed by atoms with Crippen molar-refractivity contribution in [3.05, 3.63) is 34.2 Å². The summed E-state index contributed by atoms with van der Waals surface area (Å²) >= 11 is 3.08. The second kappa shape index (κ2) is 8.45. The van der Waals surface area contributed by atoms with Gasteiger partial charge >= 0.3 is 0 Å². The van der Waals surface area contributed by atoms with Crippen molar-refractivity contribution in [1.82, 2.24) is 10.3 Å². The highest BCUT2D eigenvalue weighted by molar-refractivity contribution is 9.10. The number of amidine groups is 1. The molecule has 12 heteroatoms.